The number of Topliss-reactive ketones (excluding diaryl/α,β-unsaturated/α-hetero) is 1. The molecule has 0 aliphatic rings. The monoisotopic (exact) mass is 186 g/mol. The zero-order chi connectivity index (χ0) is 10.4. The molecule has 2 heteroatoms. The molecule has 0 radical (unpaired) electrons. The number of carbonyl (C=O) groups excluding carboxylic acids is 1. The molecule has 0 aliphatic heterocycles. The van der Waals surface area contributed by atoms with E-state index in [2.05, 4.69) is 6.92 Å². The second-order valence-corrected chi connectivity index (χ2v) is 4.09. The van der Waals surface area contributed by atoms with Crippen LogP contribution in [-0.4, -0.2) is 18.5 Å². The first-order valence-electron chi connectivity index (χ1n) is 5.16. The summed E-state index contributed by atoms with van der Waals surface area (Å²) in [5.41, 5.74) is 0. The minimum Gasteiger partial charge on any atom is -0.370 e. The van der Waals surface area contributed by atoms with E-state index in [9.17, 15) is 4.79 Å². The molecule has 0 spiro atoms. The van der Waals surface area contributed by atoms with Crippen molar-refractivity contribution in [2.75, 3.05) is 6.61 Å². The highest BCUT2D eigenvalue weighted by Gasteiger charge is 2.24. The Bertz CT molecular complexity index is 150. The standard InChI is InChI=1S/C11H22O2/c1-6-7-13-11(9(4)5)10(12)8(2)3/h8-9,11H,6-7H2,1-5H3/t11-/m1/s1. The predicted molar refractivity (Wildman–Crippen MR) is 54.7 cm³/mol. The van der Waals surface area contributed by atoms with Crippen molar-refractivity contribution in [3.8, 4) is 0 Å². The van der Waals surface area contributed by atoms with Gasteiger partial charge in [0.25, 0.3) is 0 Å². The van der Waals surface area contributed by atoms with Crippen molar-refractivity contribution in [3.05, 3.63) is 0 Å². The second-order valence-electron chi connectivity index (χ2n) is 4.09. The fourth-order valence-corrected chi connectivity index (χ4v) is 1.18. The van der Waals surface area contributed by atoms with E-state index in [0.29, 0.717) is 6.61 Å². The van der Waals surface area contributed by atoms with Crippen LogP contribution in [0.4, 0.5) is 0 Å². The van der Waals surface area contributed by atoms with E-state index >= 15 is 0 Å². The third kappa shape index (κ3) is 4.41. The second kappa shape index (κ2) is 6.14. The highest BCUT2D eigenvalue weighted by atomic mass is 16.5. The summed E-state index contributed by atoms with van der Waals surface area (Å²) >= 11 is 0. The summed E-state index contributed by atoms with van der Waals surface area (Å²) in [6.45, 7) is 10.6. The van der Waals surface area contributed by atoms with Crippen molar-refractivity contribution in [2.24, 2.45) is 11.8 Å². The van der Waals surface area contributed by atoms with Crippen LogP contribution in [0.2, 0.25) is 0 Å². The topological polar surface area (TPSA) is 26.3 Å². The van der Waals surface area contributed by atoms with Crippen molar-refractivity contribution in [1.29, 1.82) is 0 Å². The Kier molecular flexibility index (Phi) is 5.97. The minimum absolute atomic E-state index is 0.0734. The van der Waals surface area contributed by atoms with Gasteiger partial charge in [0.1, 0.15) is 6.10 Å². The van der Waals surface area contributed by atoms with Gasteiger partial charge in [0.05, 0.1) is 0 Å². The smallest absolute Gasteiger partial charge is 0.164 e. The average Bonchev–Trinajstić information content (AvgIpc) is 2.04. The maximum atomic E-state index is 11.7. The molecule has 0 aromatic heterocycles. The van der Waals surface area contributed by atoms with E-state index in [1.165, 1.54) is 0 Å². The molecule has 2 nitrogen and oxygen atoms in total. The third-order valence-electron chi connectivity index (χ3n) is 1.96. The summed E-state index contributed by atoms with van der Waals surface area (Å²) in [5.74, 6) is 0.578. The molecule has 0 rings (SSSR count). The van der Waals surface area contributed by atoms with Crippen LogP contribution >= 0.6 is 0 Å². The summed E-state index contributed by atoms with van der Waals surface area (Å²) in [5, 5.41) is 0. The largest absolute Gasteiger partial charge is 0.370 e. The highest BCUT2D eigenvalue weighted by molar-refractivity contribution is 5.85. The Labute approximate surface area is 81.7 Å². The number of hydrogen-bond donors (Lipinski definition) is 0. The van der Waals surface area contributed by atoms with Crippen LogP contribution in [0, 0.1) is 11.8 Å². The molecule has 0 saturated heterocycles. The molecule has 0 heterocycles. The predicted octanol–water partition coefficient (Wildman–Crippen LogP) is 2.66. The van der Waals surface area contributed by atoms with Crippen LogP contribution < -0.4 is 0 Å². The van der Waals surface area contributed by atoms with E-state index < -0.39 is 0 Å². The lowest BCUT2D eigenvalue weighted by molar-refractivity contribution is -0.136. The Balaban J connectivity index is 4.16. The molecule has 0 aromatic carbocycles. The fraction of sp³-hybridized carbons (Fsp3) is 0.909. The van der Waals surface area contributed by atoms with E-state index in [1.54, 1.807) is 0 Å². The van der Waals surface area contributed by atoms with Crippen molar-refractivity contribution in [2.45, 2.75) is 47.1 Å². The summed E-state index contributed by atoms with van der Waals surface area (Å²) in [7, 11) is 0. The Morgan fingerprint density at radius 3 is 2.08 bits per heavy atom. The van der Waals surface area contributed by atoms with Gasteiger partial charge in [-0.3, -0.25) is 4.79 Å². The summed E-state index contributed by atoms with van der Waals surface area (Å²) in [6, 6.07) is 0. The number of ketones is 1. The first-order chi connectivity index (χ1) is 6.00. The molecule has 0 fully saturated rings. The van der Waals surface area contributed by atoms with Crippen molar-refractivity contribution in [1.82, 2.24) is 0 Å². The van der Waals surface area contributed by atoms with Gasteiger partial charge in [0, 0.05) is 12.5 Å². The van der Waals surface area contributed by atoms with Gasteiger partial charge in [-0.1, -0.05) is 34.6 Å². The van der Waals surface area contributed by atoms with E-state index in [4.69, 9.17) is 4.74 Å². The van der Waals surface area contributed by atoms with Gasteiger partial charge in [-0.15, -0.1) is 0 Å². The molecule has 0 aromatic rings. The van der Waals surface area contributed by atoms with E-state index in [-0.39, 0.29) is 23.7 Å². The number of rotatable bonds is 6. The lowest BCUT2D eigenvalue weighted by Gasteiger charge is -2.21. The first-order valence-corrected chi connectivity index (χ1v) is 5.16. The Hall–Kier alpha value is -0.370. The van der Waals surface area contributed by atoms with Crippen molar-refractivity contribution >= 4 is 5.78 Å². The van der Waals surface area contributed by atoms with Crippen LogP contribution in [0.1, 0.15) is 41.0 Å². The lowest BCUT2D eigenvalue weighted by Crippen LogP contribution is -2.33. The third-order valence-corrected chi connectivity index (χ3v) is 1.96. The van der Waals surface area contributed by atoms with Gasteiger partial charge in [-0.25, -0.2) is 0 Å². The number of hydrogen-bond acceptors (Lipinski definition) is 2. The zero-order valence-electron chi connectivity index (χ0n) is 9.46. The SMILES string of the molecule is CCCO[C@@H](C(=O)C(C)C)C(C)C. The van der Waals surface area contributed by atoms with Crippen LogP contribution in [0.25, 0.3) is 0 Å². The summed E-state index contributed by atoms with van der Waals surface area (Å²) < 4.78 is 5.53. The summed E-state index contributed by atoms with van der Waals surface area (Å²) in [4.78, 5) is 11.7. The Morgan fingerprint density at radius 1 is 1.23 bits per heavy atom. The molecule has 0 N–H and O–H groups in total. The maximum absolute atomic E-state index is 11.7. The molecule has 1 atom stereocenters. The summed E-state index contributed by atoms with van der Waals surface area (Å²) in [6.07, 6.45) is 0.758. The molecule has 78 valence electrons. The lowest BCUT2D eigenvalue weighted by atomic mass is 9.95. The first kappa shape index (κ1) is 12.6. The van der Waals surface area contributed by atoms with Crippen LogP contribution in [0.3, 0.4) is 0 Å². The van der Waals surface area contributed by atoms with E-state index in [1.807, 2.05) is 27.7 Å². The van der Waals surface area contributed by atoms with Crippen LogP contribution in [0.5, 0.6) is 0 Å². The van der Waals surface area contributed by atoms with E-state index in [0.717, 1.165) is 6.42 Å². The molecular weight excluding hydrogens is 164 g/mol. The molecule has 0 unspecified atom stereocenters. The van der Waals surface area contributed by atoms with Gasteiger partial charge in [-0.2, -0.15) is 0 Å². The highest BCUT2D eigenvalue weighted by Crippen LogP contribution is 2.13. The van der Waals surface area contributed by atoms with Crippen molar-refractivity contribution < 1.29 is 9.53 Å². The van der Waals surface area contributed by atoms with Gasteiger partial charge in [0.15, 0.2) is 5.78 Å². The molecule has 0 aliphatic carbocycles. The Morgan fingerprint density at radius 2 is 1.77 bits per heavy atom. The van der Waals surface area contributed by atoms with Gasteiger partial charge >= 0.3 is 0 Å². The van der Waals surface area contributed by atoms with Gasteiger partial charge in [-0.05, 0) is 12.3 Å². The molecular formula is C11H22O2. The quantitative estimate of drug-likeness (QED) is 0.637. The zero-order valence-corrected chi connectivity index (χ0v) is 9.46. The van der Waals surface area contributed by atoms with Crippen molar-refractivity contribution in [3.63, 3.8) is 0 Å². The molecule has 0 saturated carbocycles. The maximum Gasteiger partial charge on any atom is 0.164 e. The molecule has 0 amide bonds. The number of carbonyl (C=O) groups is 1. The normalized spacial score (nSPS) is 13.8. The average molecular weight is 186 g/mol. The van der Waals surface area contributed by atoms with Crippen LogP contribution in [-0.2, 0) is 9.53 Å². The van der Waals surface area contributed by atoms with Crippen LogP contribution in [0.15, 0.2) is 0 Å². The molecule has 13 heavy (non-hydrogen) atoms. The number of ether oxygens (including phenoxy) is 1. The fourth-order valence-electron chi connectivity index (χ4n) is 1.18. The van der Waals surface area contributed by atoms with Gasteiger partial charge in [0.2, 0.25) is 0 Å². The van der Waals surface area contributed by atoms with Gasteiger partial charge < -0.3 is 4.74 Å². The minimum atomic E-state index is -0.208. The molecule has 0 bridgehead atoms.